The summed E-state index contributed by atoms with van der Waals surface area (Å²) in [5.74, 6) is 0. The van der Waals surface area contributed by atoms with Crippen LogP contribution in [0.4, 0.5) is 0 Å². The van der Waals surface area contributed by atoms with E-state index in [2.05, 4.69) is 26.1 Å². The molecule has 0 amide bonds. The van der Waals surface area contributed by atoms with Gasteiger partial charge in [0.25, 0.3) is 0 Å². The fourth-order valence-electron chi connectivity index (χ4n) is 1.35. The molecule has 0 fully saturated rings. The molecule has 0 spiro atoms. The Bertz CT molecular complexity index is 154. The Balaban J connectivity index is 2.90. The molecule has 110 valence electrons. The third-order valence-corrected chi connectivity index (χ3v) is 2.39. The van der Waals surface area contributed by atoms with Crippen molar-refractivity contribution in [2.24, 2.45) is 0 Å². The van der Waals surface area contributed by atoms with Gasteiger partial charge >= 0.3 is 0 Å². The molecule has 0 rings (SSSR count). The van der Waals surface area contributed by atoms with Crippen LogP contribution in [0.25, 0.3) is 0 Å². The monoisotopic (exact) mass is 261 g/mol. The first-order valence-electron chi connectivity index (χ1n) is 7.25. The summed E-state index contributed by atoms with van der Waals surface area (Å²) < 4.78 is 16.3. The largest absolute Gasteiger partial charge is 0.379 e. The summed E-state index contributed by atoms with van der Waals surface area (Å²) >= 11 is 0. The molecule has 0 aromatic heterocycles. The molecule has 0 saturated heterocycles. The van der Waals surface area contributed by atoms with Crippen LogP contribution in [0, 0.1) is 0 Å². The lowest BCUT2D eigenvalue weighted by atomic mass is 10.4. The van der Waals surface area contributed by atoms with Gasteiger partial charge in [-0.3, -0.25) is 0 Å². The summed E-state index contributed by atoms with van der Waals surface area (Å²) in [6.45, 7) is 12.0. The van der Waals surface area contributed by atoms with Gasteiger partial charge in [0.05, 0.1) is 25.9 Å². The Morgan fingerprint density at radius 1 is 0.833 bits per heavy atom. The van der Waals surface area contributed by atoms with Gasteiger partial charge in [-0.05, 0) is 33.2 Å². The molecule has 0 atom stereocenters. The lowest BCUT2D eigenvalue weighted by Crippen LogP contribution is -2.23. The molecule has 0 bridgehead atoms. The van der Waals surface area contributed by atoms with Gasteiger partial charge in [0.1, 0.15) is 0 Å². The molecule has 0 heterocycles. The molecule has 18 heavy (non-hydrogen) atoms. The predicted octanol–water partition coefficient (Wildman–Crippen LogP) is 2.22. The van der Waals surface area contributed by atoms with E-state index in [0.717, 1.165) is 45.8 Å². The van der Waals surface area contributed by atoms with Crippen molar-refractivity contribution >= 4 is 0 Å². The van der Waals surface area contributed by atoms with Crippen LogP contribution >= 0.6 is 0 Å². The van der Waals surface area contributed by atoms with Gasteiger partial charge in [0.15, 0.2) is 0 Å². The van der Waals surface area contributed by atoms with Crippen LogP contribution in [0.3, 0.4) is 0 Å². The van der Waals surface area contributed by atoms with E-state index in [4.69, 9.17) is 14.2 Å². The van der Waals surface area contributed by atoms with Crippen molar-refractivity contribution in [2.75, 3.05) is 46.1 Å². The number of hydrogen-bond acceptors (Lipinski definition) is 4. The Morgan fingerprint density at radius 2 is 1.56 bits per heavy atom. The molecule has 0 radical (unpaired) electrons. The first kappa shape index (κ1) is 17.8. The minimum absolute atomic E-state index is 0.334. The summed E-state index contributed by atoms with van der Waals surface area (Å²) in [4.78, 5) is 0. The van der Waals surface area contributed by atoms with Gasteiger partial charge in [0.2, 0.25) is 0 Å². The molecule has 0 aliphatic heterocycles. The average Bonchev–Trinajstić information content (AvgIpc) is 2.34. The fourth-order valence-corrected chi connectivity index (χ4v) is 1.35. The fraction of sp³-hybridized carbons (Fsp3) is 1.00. The first-order chi connectivity index (χ1) is 8.77. The number of nitrogens with one attached hydrogen (secondary N) is 1. The number of hydrogen-bond donors (Lipinski definition) is 1. The number of unbranched alkanes of at least 4 members (excludes halogenated alkanes) is 1. The average molecular weight is 261 g/mol. The van der Waals surface area contributed by atoms with Crippen LogP contribution < -0.4 is 5.32 Å². The maximum absolute atomic E-state index is 5.45. The summed E-state index contributed by atoms with van der Waals surface area (Å²) in [7, 11) is 0. The Kier molecular flexibility index (Phi) is 14.8. The zero-order chi connectivity index (χ0) is 13.5. The maximum atomic E-state index is 5.45. The molecule has 0 aromatic carbocycles. The highest BCUT2D eigenvalue weighted by Crippen LogP contribution is 1.89. The van der Waals surface area contributed by atoms with Crippen LogP contribution in [-0.4, -0.2) is 52.2 Å². The molecule has 0 aliphatic carbocycles. The highest BCUT2D eigenvalue weighted by Gasteiger charge is 1.93. The lowest BCUT2D eigenvalue weighted by Gasteiger charge is -2.08. The molecule has 4 nitrogen and oxygen atoms in total. The molecule has 0 unspecified atom stereocenters. The van der Waals surface area contributed by atoms with Crippen LogP contribution in [0.15, 0.2) is 0 Å². The summed E-state index contributed by atoms with van der Waals surface area (Å²) in [6.07, 6.45) is 3.71. The van der Waals surface area contributed by atoms with Gasteiger partial charge in [-0.2, -0.15) is 0 Å². The summed E-state index contributed by atoms with van der Waals surface area (Å²) in [5.41, 5.74) is 0. The highest BCUT2D eigenvalue weighted by atomic mass is 16.5. The van der Waals surface area contributed by atoms with Gasteiger partial charge in [-0.1, -0.05) is 13.3 Å². The van der Waals surface area contributed by atoms with Crippen molar-refractivity contribution < 1.29 is 14.2 Å². The number of ether oxygens (including phenoxy) is 3. The van der Waals surface area contributed by atoms with Crippen LogP contribution in [0.1, 0.15) is 40.0 Å². The number of rotatable bonds is 14. The minimum Gasteiger partial charge on any atom is -0.379 e. The second-order valence-electron chi connectivity index (χ2n) is 4.60. The SMILES string of the molecule is CCCCOCCOCCNCCCOC(C)C. The zero-order valence-electron chi connectivity index (χ0n) is 12.4. The van der Waals surface area contributed by atoms with Crippen molar-refractivity contribution in [1.82, 2.24) is 5.32 Å². The zero-order valence-corrected chi connectivity index (χ0v) is 12.4. The quantitative estimate of drug-likeness (QED) is 0.487. The van der Waals surface area contributed by atoms with Crippen molar-refractivity contribution in [3.05, 3.63) is 0 Å². The Hall–Kier alpha value is -0.160. The maximum Gasteiger partial charge on any atom is 0.0701 e. The van der Waals surface area contributed by atoms with Gasteiger partial charge in [0, 0.05) is 19.8 Å². The van der Waals surface area contributed by atoms with E-state index in [0.29, 0.717) is 19.3 Å². The van der Waals surface area contributed by atoms with E-state index in [9.17, 15) is 0 Å². The van der Waals surface area contributed by atoms with E-state index < -0.39 is 0 Å². The first-order valence-corrected chi connectivity index (χ1v) is 7.25. The molecule has 0 aliphatic rings. The highest BCUT2D eigenvalue weighted by molar-refractivity contribution is 4.47. The molecule has 4 heteroatoms. The summed E-state index contributed by atoms with van der Waals surface area (Å²) in [6, 6.07) is 0. The summed E-state index contributed by atoms with van der Waals surface area (Å²) in [5, 5.41) is 3.32. The van der Waals surface area contributed by atoms with E-state index in [-0.39, 0.29) is 0 Å². The van der Waals surface area contributed by atoms with E-state index >= 15 is 0 Å². The Morgan fingerprint density at radius 3 is 2.22 bits per heavy atom. The molecular formula is C14H31NO3. The second-order valence-corrected chi connectivity index (χ2v) is 4.60. The lowest BCUT2D eigenvalue weighted by molar-refractivity contribution is 0.0472. The Labute approximate surface area is 112 Å². The minimum atomic E-state index is 0.334. The normalized spacial score (nSPS) is 11.3. The van der Waals surface area contributed by atoms with Crippen LogP contribution in [-0.2, 0) is 14.2 Å². The smallest absolute Gasteiger partial charge is 0.0701 e. The van der Waals surface area contributed by atoms with Crippen molar-refractivity contribution in [3.63, 3.8) is 0 Å². The standard InChI is InChI=1S/C14H31NO3/c1-4-5-9-16-12-13-17-11-8-15-7-6-10-18-14(2)3/h14-15H,4-13H2,1-3H3. The van der Waals surface area contributed by atoms with Crippen molar-refractivity contribution in [2.45, 2.75) is 46.1 Å². The van der Waals surface area contributed by atoms with Crippen molar-refractivity contribution in [1.29, 1.82) is 0 Å². The topological polar surface area (TPSA) is 39.7 Å². The van der Waals surface area contributed by atoms with E-state index in [1.54, 1.807) is 0 Å². The third-order valence-electron chi connectivity index (χ3n) is 2.39. The van der Waals surface area contributed by atoms with E-state index in [1.165, 1.54) is 6.42 Å². The van der Waals surface area contributed by atoms with Gasteiger partial charge in [-0.15, -0.1) is 0 Å². The van der Waals surface area contributed by atoms with Gasteiger partial charge in [-0.25, -0.2) is 0 Å². The van der Waals surface area contributed by atoms with E-state index in [1.807, 2.05) is 0 Å². The van der Waals surface area contributed by atoms with Crippen molar-refractivity contribution in [3.8, 4) is 0 Å². The molecule has 1 N–H and O–H groups in total. The van der Waals surface area contributed by atoms with Crippen LogP contribution in [0.5, 0.6) is 0 Å². The van der Waals surface area contributed by atoms with Gasteiger partial charge < -0.3 is 19.5 Å². The molecular weight excluding hydrogens is 230 g/mol. The van der Waals surface area contributed by atoms with Crippen LogP contribution in [0.2, 0.25) is 0 Å². The molecule has 0 aromatic rings. The third kappa shape index (κ3) is 15.8. The second kappa shape index (κ2) is 14.9. The molecule has 0 saturated carbocycles. The predicted molar refractivity (Wildman–Crippen MR) is 75.1 cm³/mol.